The number of carbonyl (C=O) groups is 3. The van der Waals surface area contributed by atoms with E-state index in [1.165, 1.54) is 48.5 Å². The summed E-state index contributed by atoms with van der Waals surface area (Å²) in [6.45, 7) is 0.649. The Morgan fingerprint density at radius 2 is 0.917 bits per heavy atom. The van der Waals surface area contributed by atoms with Crippen LogP contribution in [0.5, 0.6) is 23.0 Å². The fourth-order valence-corrected chi connectivity index (χ4v) is 5.04. The smallest absolute Gasteiger partial charge is 0.333 e. The van der Waals surface area contributed by atoms with E-state index in [-0.39, 0.29) is 71.4 Å². The predicted octanol–water partition coefficient (Wildman–Crippen LogP) is 2.20. The number of aliphatic carboxylic acids is 3. The number of phenols is 4. The normalized spacial score (nSPS) is 12.3. The van der Waals surface area contributed by atoms with Crippen molar-refractivity contribution < 1.29 is 50.1 Å². The van der Waals surface area contributed by atoms with Crippen LogP contribution in [0, 0.1) is 0 Å². The van der Waals surface area contributed by atoms with E-state index in [2.05, 4.69) is 16.0 Å². The molecular formula is C34H38N4O10. The molecule has 0 aliphatic heterocycles. The average Bonchev–Trinajstić information content (AvgIpc) is 3.05. The molecule has 4 aromatic rings. The Balaban J connectivity index is 0.000000264. The van der Waals surface area contributed by atoms with Crippen LogP contribution in [0.1, 0.15) is 34.3 Å². The molecule has 0 bridgehead atoms. The Kier molecular flexibility index (Phi) is 13.3. The van der Waals surface area contributed by atoms with Gasteiger partial charge in [-0.15, -0.1) is 0 Å². The third-order valence-electron chi connectivity index (χ3n) is 7.28. The van der Waals surface area contributed by atoms with Crippen LogP contribution in [-0.2, 0) is 19.9 Å². The maximum Gasteiger partial charge on any atom is 0.333 e. The van der Waals surface area contributed by atoms with Crippen molar-refractivity contribution in [2.75, 3.05) is 26.2 Å². The highest BCUT2D eigenvalue weighted by atomic mass is 16.4. The lowest BCUT2D eigenvalue weighted by Gasteiger charge is -2.32. The zero-order valence-corrected chi connectivity index (χ0v) is 25.7. The fourth-order valence-electron chi connectivity index (χ4n) is 5.04. The van der Waals surface area contributed by atoms with Gasteiger partial charge in [-0.25, -0.2) is 4.79 Å². The van der Waals surface area contributed by atoms with E-state index in [1.54, 1.807) is 48.5 Å². The number of phenolic OH excluding ortho intramolecular Hbond substituents is 4. The topological polar surface area (TPSA) is 255 Å². The Morgan fingerprint density at radius 3 is 1.23 bits per heavy atom. The van der Waals surface area contributed by atoms with Crippen LogP contribution in [0.2, 0.25) is 0 Å². The molecule has 0 aliphatic rings. The SMILES string of the molecule is NCCNC(C(=O)O)(c1ccccc1O)c1ccccc1O.O=C(O)C(NCCNC(C(=O)O)c1ccccc1O)c1ccccc1O. The van der Waals surface area contributed by atoms with Crippen molar-refractivity contribution in [3.63, 3.8) is 0 Å². The van der Waals surface area contributed by atoms with E-state index < -0.39 is 35.5 Å². The van der Waals surface area contributed by atoms with Crippen molar-refractivity contribution in [1.82, 2.24) is 16.0 Å². The number of benzene rings is 4. The summed E-state index contributed by atoms with van der Waals surface area (Å²) in [5.74, 6) is -4.22. The third-order valence-corrected chi connectivity index (χ3v) is 7.28. The molecule has 48 heavy (non-hydrogen) atoms. The number of aromatic hydroxyl groups is 4. The molecule has 0 amide bonds. The van der Waals surface area contributed by atoms with Crippen LogP contribution in [0.25, 0.3) is 0 Å². The van der Waals surface area contributed by atoms with Crippen molar-refractivity contribution in [2.24, 2.45) is 5.73 Å². The minimum atomic E-state index is -1.80. The summed E-state index contributed by atoms with van der Waals surface area (Å²) in [6.07, 6.45) is 0. The van der Waals surface area contributed by atoms with Gasteiger partial charge in [0, 0.05) is 48.4 Å². The van der Waals surface area contributed by atoms with Gasteiger partial charge >= 0.3 is 17.9 Å². The molecule has 0 aromatic heterocycles. The lowest BCUT2D eigenvalue weighted by molar-refractivity contribution is -0.143. The number of nitrogens with one attached hydrogen (secondary N) is 3. The lowest BCUT2D eigenvalue weighted by Crippen LogP contribution is -2.51. The molecule has 14 nitrogen and oxygen atoms in total. The molecule has 0 fully saturated rings. The summed E-state index contributed by atoms with van der Waals surface area (Å²) in [7, 11) is 0. The summed E-state index contributed by atoms with van der Waals surface area (Å²) >= 11 is 0. The summed E-state index contributed by atoms with van der Waals surface area (Å²) in [6, 6.07) is 22.2. The van der Waals surface area contributed by atoms with Gasteiger partial charge in [-0.3, -0.25) is 25.5 Å². The second-order valence-corrected chi connectivity index (χ2v) is 10.4. The van der Waals surface area contributed by atoms with Crippen LogP contribution in [-0.4, -0.2) is 79.8 Å². The maximum absolute atomic E-state index is 12.1. The Hall–Kier alpha value is -5.67. The van der Waals surface area contributed by atoms with E-state index in [0.717, 1.165) is 0 Å². The van der Waals surface area contributed by atoms with Crippen LogP contribution in [0.4, 0.5) is 0 Å². The third kappa shape index (κ3) is 8.77. The maximum atomic E-state index is 12.1. The highest BCUT2D eigenvalue weighted by Crippen LogP contribution is 2.39. The fraction of sp³-hybridized carbons (Fsp3) is 0.206. The number of para-hydroxylation sites is 4. The Bertz CT molecular complexity index is 1590. The highest BCUT2D eigenvalue weighted by molar-refractivity contribution is 5.87. The van der Waals surface area contributed by atoms with Crippen molar-refractivity contribution >= 4 is 17.9 Å². The highest BCUT2D eigenvalue weighted by Gasteiger charge is 2.45. The first-order valence-corrected chi connectivity index (χ1v) is 14.7. The Morgan fingerprint density at radius 1 is 0.562 bits per heavy atom. The molecule has 12 N–H and O–H groups in total. The zero-order valence-electron chi connectivity index (χ0n) is 25.7. The minimum absolute atomic E-state index is 0.128. The molecule has 4 aromatic carbocycles. The van der Waals surface area contributed by atoms with E-state index in [9.17, 15) is 50.1 Å². The van der Waals surface area contributed by atoms with E-state index in [1.807, 2.05) is 0 Å². The van der Waals surface area contributed by atoms with Gasteiger partial charge in [0.15, 0.2) is 5.54 Å². The van der Waals surface area contributed by atoms with E-state index >= 15 is 0 Å². The van der Waals surface area contributed by atoms with Gasteiger partial charge in [0.1, 0.15) is 35.1 Å². The van der Waals surface area contributed by atoms with Crippen LogP contribution >= 0.6 is 0 Å². The molecule has 0 saturated heterocycles. The molecule has 0 aliphatic carbocycles. The van der Waals surface area contributed by atoms with Crippen molar-refractivity contribution in [3.05, 3.63) is 119 Å². The molecule has 0 saturated carbocycles. The second-order valence-electron chi connectivity index (χ2n) is 10.4. The predicted molar refractivity (Wildman–Crippen MR) is 175 cm³/mol. The first kappa shape index (κ1) is 36.8. The van der Waals surface area contributed by atoms with Crippen molar-refractivity contribution in [2.45, 2.75) is 17.6 Å². The van der Waals surface area contributed by atoms with E-state index in [4.69, 9.17) is 5.73 Å². The summed E-state index contributed by atoms with van der Waals surface area (Å²) in [5, 5.41) is 76.8. The Labute approximate surface area is 275 Å². The quantitative estimate of drug-likeness (QED) is 0.0817. The molecule has 2 atom stereocenters. The molecule has 4 rings (SSSR count). The minimum Gasteiger partial charge on any atom is -0.508 e. The molecule has 2 unspecified atom stereocenters. The van der Waals surface area contributed by atoms with Gasteiger partial charge < -0.3 is 41.5 Å². The van der Waals surface area contributed by atoms with Crippen LogP contribution in [0.15, 0.2) is 97.1 Å². The van der Waals surface area contributed by atoms with Gasteiger partial charge in [0.25, 0.3) is 0 Å². The van der Waals surface area contributed by atoms with Crippen molar-refractivity contribution in [3.8, 4) is 23.0 Å². The average molecular weight is 663 g/mol. The van der Waals surface area contributed by atoms with Gasteiger partial charge in [0.05, 0.1) is 0 Å². The number of hydrogen-bond acceptors (Lipinski definition) is 11. The van der Waals surface area contributed by atoms with Gasteiger partial charge in [-0.05, 0) is 24.3 Å². The molecule has 14 heteroatoms. The first-order valence-electron chi connectivity index (χ1n) is 14.7. The lowest BCUT2D eigenvalue weighted by atomic mass is 9.81. The molecular weight excluding hydrogens is 624 g/mol. The van der Waals surface area contributed by atoms with Gasteiger partial charge in [-0.2, -0.15) is 0 Å². The second kappa shape index (κ2) is 17.3. The van der Waals surface area contributed by atoms with E-state index in [0.29, 0.717) is 0 Å². The largest absolute Gasteiger partial charge is 0.508 e. The number of nitrogens with two attached hydrogens (primary N) is 1. The zero-order chi connectivity index (χ0) is 35.3. The standard InChI is InChI=1S/C18H20N2O6.C16H18N2O4/c21-13-7-3-1-5-11(13)15(17(23)24)19-9-10-20-16(18(25)26)12-6-2-4-8-14(12)22;17-9-10-18-16(15(21)22,11-5-1-3-7-13(11)19)12-6-2-4-8-14(12)20/h1-8,15-16,19-22H,9-10H2,(H,23,24)(H,25,26);1-8,18-20H,9-10,17H2,(H,21,22). The van der Waals surface area contributed by atoms with Gasteiger partial charge in [-0.1, -0.05) is 72.8 Å². The number of hydrogen-bond donors (Lipinski definition) is 11. The molecule has 0 radical (unpaired) electrons. The number of carboxylic acids is 3. The monoisotopic (exact) mass is 662 g/mol. The van der Waals surface area contributed by atoms with Crippen LogP contribution < -0.4 is 21.7 Å². The molecule has 254 valence electrons. The molecule has 0 heterocycles. The summed E-state index contributed by atoms with van der Waals surface area (Å²) in [4.78, 5) is 35.0. The number of rotatable bonds is 15. The van der Waals surface area contributed by atoms with Gasteiger partial charge in [0.2, 0.25) is 0 Å². The summed E-state index contributed by atoms with van der Waals surface area (Å²) in [5.41, 5.74) is 4.40. The van der Waals surface area contributed by atoms with Crippen molar-refractivity contribution in [1.29, 1.82) is 0 Å². The summed E-state index contributed by atoms with van der Waals surface area (Å²) < 4.78 is 0. The first-order chi connectivity index (χ1) is 22.9. The molecule has 0 spiro atoms. The van der Waals surface area contributed by atoms with Crippen LogP contribution in [0.3, 0.4) is 0 Å². The number of carboxylic acid groups (broad SMARTS) is 3.